The summed E-state index contributed by atoms with van der Waals surface area (Å²) >= 11 is 0. The third kappa shape index (κ3) is 6.10. The van der Waals surface area contributed by atoms with Gasteiger partial charge in [-0.3, -0.25) is 4.79 Å². The van der Waals surface area contributed by atoms with E-state index in [0.29, 0.717) is 5.75 Å². The number of nitrogens with two attached hydrogens (primary N) is 1. The zero-order valence-electron chi connectivity index (χ0n) is 15.5. The summed E-state index contributed by atoms with van der Waals surface area (Å²) in [7, 11) is -3.77. The lowest BCUT2D eigenvalue weighted by Crippen LogP contribution is -2.45. The largest absolute Gasteiger partial charge is 0.490 e. The van der Waals surface area contributed by atoms with Crippen molar-refractivity contribution in [3.8, 4) is 5.75 Å². The fraction of sp³-hybridized carbons (Fsp3) is 0.333. The maximum absolute atomic E-state index is 12.3. The first-order chi connectivity index (χ1) is 13.2. The molecule has 1 aromatic carbocycles. The fourth-order valence-electron chi connectivity index (χ4n) is 2.23. The Kier molecular flexibility index (Phi) is 7.18. The highest BCUT2D eigenvalue weighted by Crippen LogP contribution is 2.15. The Morgan fingerprint density at radius 1 is 1.14 bits per heavy atom. The van der Waals surface area contributed by atoms with Gasteiger partial charge in [0.2, 0.25) is 10.0 Å². The topological polar surface area (TPSA) is 138 Å². The molecule has 0 saturated carbocycles. The van der Waals surface area contributed by atoms with Gasteiger partial charge in [-0.25, -0.2) is 18.4 Å². The highest BCUT2D eigenvalue weighted by Gasteiger charge is 2.26. The number of ether oxygens (including phenoxy) is 2. The first-order valence-electron chi connectivity index (χ1n) is 8.45. The van der Waals surface area contributed by atoms with E-state index in [1.54, 1.807) is 19.9 Å². The molecule has 1 atom stereocenters. The van der Waals surface area contributed by atoms with E-state index >= 15 is 0 Å². The maximum atomic E-state index is 12.3. The summed E-state index contributed by atoms with van der Waals surface area (Å²) in [5, 5.41) is 7.60. The summed E-state index contributed by atoms with van der Waals surface area (Å²) < 4.78 is 37.9. The first kappa shape index (κ1) is 21.5. The van der Waals surface area contributed by atoms with Gasteiger partial charge >= 0.3 is 5.97 Å². The number of primary sulfonamides is 1. The Morgan fingerprint density at radius 3 is 2.36 bits per heavy atom. The lowest BCUT2D eigenvalue weighted by Gasteiger charge is -2.20. The van der Waals surface area contributed by atoms with Gasteiger partial charge in [-0.15, -0.1) is 0 Å². The second kappa shape index (κ2) is 9.38. The molecule has 2 aromatic rings. The zero-order valence-corrected chi connectivity index (χ0v) is 16.3. The van der Waals surface area contributed by atoms with E-state index < -0.39 is 27.9 Å². The van der Waals surface area contributed by atoms with Gasteiger partial charge in [0.1, 0.15) is 25.0 Å². The van der Waals surface area contributed by atoms with Crippen LogP contribution >= 0.6 is 0 Å². The number of nitrogens with one attached hydrogen (secondary N) is 1. The highest BCUT2D eigenvalue weighted by atomic mass is 32.2. The normalized spacial score (nSPS) is 12.4. The predicted octanol–water partition coefficient (Wildman–Crippen LogP) is 1.30. The molecule has 3 N–H and O–H groups in total. The highest BCUT2D eigenvalue weighted by molar-refractivity contribution is 7.89. The molecule has 1 amide bonds. The number of esters is 1. The molecule has 10 heteroatoms. The summed E-state index contributed by atoms with van der Waals surface area (Å²) in [5.74, 6) is -0.798. The molecule has 0 spiro atoms. The molecular formula is C18H22N2O7S. The van der Waals surface area contributed by atoms with Crippen molar-refractivity contribution >= 4 is 21.9 Å². The Morgan fingerprint density at radius 2 is 1.82 bits per heavy atom. The van der Waals surface area contributed by atoms with Crippen LogP contribution in [-0.2, 0) is 19.6 Å². The van der Waals surface area contributed by atoms with Gasteiger partial charge in [0.05, 0.1) is 11.2 Å². The lowest BCUT2D eigenvalue weighted by molar-refractivity contribution is -0.147. The molecule has 1 aromatic heterocycles. The van der Waals surface area contributed by atoms with Gasteiger partial charge in [-0.1, -0.05) is 13.8 Å². The first-order valence-corrected chi connectivity index (χ1v) is 10.00. The van der Waals surface area contributed by atoms with Crippen LogP contribution in [0.5, 0.6) is 5.75 Å². The number of furan rings is 1. The Labute approximate surface area is 162 Å². The van der Waals surface area contributed by atoms with Crippen molar-refractivity contribution in [2.24, 2.45) is 11.1 Å². The molecule has 0 aliphatic carbocycles. The van der Waals surface area contributed by atoms with Crippen LogP contribution in [0.3, 0.4) is 0 Å². The zero-order chi connectivity index (χ0) is 20.7. The molecule has 152 valence electrons. The molecule has 0 aliphatic rings. The van der Waals surface area contributed by atoms with Gasteiger partial charge in [0.15, 0.2) is 5.76 Å². The molecule has 0 fully saturated rings. The van der Waals surface area contributed by atoms with Crippen LogP contribution in [0.4, 0.5) is 0 Å². The van der Waals surface area contributed by atoms with Gasteiger partial charge in [-0.05, 0) is 42.3 Å². The van der Waals surface area contributed by atoms with E-state index in [2.05, 4.69) is 5.32 Å². The molecule has 0 aliphatic heterocycles. The van der Waals surface area contributed by atoms with Gasteiger partial charge in [0.25, 0.3) is 5.91 Å². The molecule has 0 saturated heterocycles. The van der Waals surface area contributed by atoms with E-state index in [9.17, 15) is 18.0 Å². The number of amides is 1. The van der Waals surface area contributed by atoms with Crippen molar-refractivity contribution in [1.29, 1.82) is 0 Å². The number of carbonyl (C=O) groups excluding carboxylic acids is 2. The summed E-state index contributed by atoms with van der Waals surface area (Å²) in [6, 6.07) is 7.75. The Balaban J connectivity index is 1.81. The molecule has 9 nitrogen and oxygen atoms in total. The summed E-state index contributed by atoms with van der Waals surface area (Å²) in [6.45, 7) is 3.56. The average molecular weight is 410 g/mol. The van der Waals surface area contributed by atoms with E-state index in [1.807, 2.05) is 0 Å². The van der Waals surface area contributed by atoms with Crippen molar-refractivity contribution in [2.75, 3.05) is 13.2 Å². The molecule has 0 unspecified atom stereocenters. The average Bonchev–Trinajstić information content (AvgIpc) is 3.17. The van der Waals surface area contributed by atoms with Crippen molar-refractivity contribution in [2.45, 2.75) is 24.8 Å². The number of benzene rings is 1. The van der Waals surface area contributed by atoms with Crippen molar-refractivity contribution in [3.05, 3.63) is 48.4 Å². The summed E-state index contributed by atoms with van der Waals surface area (Å²) in [5.41, 5.74) is 0. The van der Waals surface area contributed by atoms with Crippen LogP contribution in [0.2, 0.25) is 0 Å². The molecule has 0 radical (unpaired) electrons. The summed E-state index contributed by atoms with van der Waals surface area (Å²) in [6.07, 6.45) is 1.37. The Hall–Kier alpha value is -2.85. The monoisotopic (exact) mass is 410 g/mol. The number of carbonyl (C=O) groups is 2. The number of hydrogen-bond donors (Lipinski definition) is 2. The predicted molar refractivity (Wildman–Crippen MR) is 99.1 cm³/mol. The standard InChI is InChI=1S/C18H22N2O7S/c1-12(2)16(20-17(21)15-4-3-9-26-15)18(22)27-11-10-25-13-5-7-14(8-6-13)28(19,23)24/h3-9,12,16H,10-11H2,1-2H3,(H,20,21)(H2,19,23,24)/t16-/m0/s1. The van der Waals surface area contributed by atoms with Crippen LogP contribution in [0, 0.1) is 5.92 Å². The van der Waals surface area contributed by atoms with Crippen LogP contribution in [0.15, 0.2) is 52.0 Å². The van der Waals surface area contributed by atoms with E-state index in [-0.39, 0.29) is 29.8 Å². The molecule has 28 heavy (non-hydrogen) atoms. The number of sulfonamides is 1. The Bertz CT molecular complexity index is 891. The minimum atomic E-state index is -3.77. The van der Waals surface area contributed by atoms with E-state index in [4.69, 9.17) is 19.0 Å². The van der Waals surface area contributed by atoms with Gasteiger partial charge < -0.3 is 19.2 Å². The van der Waals surface area contributed by atoms with Crippen LogP contribution in [-0.4, -0.2) is 39.5 Å². The van der Waals surface area contributed by atoms with Crippen molar-refractivity contribution < 1.29 is 31.9 Å². The minimum absolute atomic E-state index is 0.0293. The smallest absolute Gasteiger partial charge is 0.329 e. The summed E-state index contributed by atoms with van der Waals surface area (Å²) in [4.78, 5) is 24.3. The van der Waals surface area contributed by atoms with Crippen molar-refractivity contribution in [3.63, 3.8) is 0 Å². The second-order valence-electron chi connectivity index (χ2n) is 6.20. The number of hydrogen-bond acceptors (Lipinski definition) is 7. The van der Waals surface area contributed by atoms with Crippen LogP contribution in [0.1, 0.15) is 24.4 Å². The van der Waals surface area contributed by atoms with Gasteiger partial charge in [0, 0.05) is 0 Å². The quantitative estimate of drug-likeness (QED) is 0.469. The third-order valence-electron chi connectivity index (χ3n) is 3.70. The van der Waals surface area contributed by atoms with Crippen LogP contribution < -0.4 is 15.2 Å². The van der Waals surface area contributed by atoms with E-state index in [1.165, 1.54) is 36.6 Å². The van der Waals surface area contributed by atoms with Gasteiger partial charge in [-0.2, -0.15) is 0 Å². The lowest BCUT2D eigenvalue weighted by atomic mass is 10.0. The van der Waals surface area contributed by atoms with Crippen molar-refractivity contribution in [1.82, 2.24) is 5.32 Å². The maximum Gasteiger partial charge on any atom is 0.329 e. The molecule has 0 bridgehead atoms. The second-order valence-corrected chi connectivity index (χ2v) is 7.77. The molecule has 1 heterocycles. The fourth-order valence-corrected chi connectivity index (χ4v) is 2.75. The van der Waals surface area contributed by atoms with Crippen LogP contribution in [0.25, 0.3) is 0 Å². The molecular weight excluding hydrogens is 388 g/mol. The SMILES string of the molecule is CC(C)[C@H](NC(=O)c1ccco1)C(=O)OCCOc1ccc(S(N)(=O)=O)cc1. The number of rotatable bonds is 9. The van der Waals surface area contributed by atoms with E-state index in [0.717, 1.165) is 0 Å². The minimum Gasteiger partial charge on any atom is -0.490 e. The molecule has 2 rings (SSSR count). The third-order valence-corrected chi connectivity index (χ3v) is 4.63.